The van der Waals surface area contributed by atoms with Gasteiger partial charge < -0.3 is 5.32 Å². The molecule has 6 nitrogen and oxygen atoms in total. The van der Waals surface area contributed by atoms with E-state index >= 15 is 0 Å². The molecular weight excluding hydrogens is 278 g/mol. The van der Waals surface area contributed by atoms with Gasteiger partial charge in [-0.05, 0) is 31.7 Å². The summed E-state index contributed by atoms with van der Waals surface area (Å²) in [6.07, 6.45) is 4.54. The Morgan fingerprint density at radius 3 is 2.82 bits per heavy atom. The van der Waals surface area contributed by atoms with Crippen LogP contribution in [0, 0.1) is 0 Å². The largest absolute Gasteiger partial charge is 0.335 e. The smallest absolute Gasteiger partial charge is 0.320 e. The summed E-state index contributed by atoms with van der Waals surface area (Å²) in [7, 11) is 0. The van der Waals surface area contributed by atoms with Gasteiger partial charge in [-0.1, -0.05) is 42.5 Å². The number of carbonyl (C=O) groups is 1. The van der Waals surface area contributed by atoms with Gasteiger partial charge in [0, 0.05) is 12.6 Å². The minimum atomic E-state index is -0.246. The van der Waals surface area contributed by atoms with Gasteiger partial charge in [0.25, 0.3) is 0 Å². The van der Waals surface area contributed by atoms with Gasteiger partial charge in [0.2, 0.25) is 0 Å². The quantitative estimate of drug-likeness (QED) is 0.826. The van der Waals surface area contributed by atoms with Crippen molar-refractivity contribution in [1.82, 2.24) is 20.3 Å². The number of rotatable bonds is 7. The second kappa shape index (κ2) is 8.17. The van der Waals surface area contributed by atoms with E-state index in [9.17, 15) is 4.79 Å². The van der Waals surface area contributed by atoms with Gasteiger partial charge in [-0.3, -0.25) is 10.00 Å². The molecule has 1 unspecified atom stereocenters. The lowest BCUT2D eigenvalue weighted by Gasteiger charge is -2.13. The summed E-state index contributed by atoms with van der Waals surface area (Å²) in [5.74, 6) is 0.473. The Morgan fingerprint density at radius 2 is 2.09 bits per heavy atom. The maximum Gasteiger partial charge on any atom is 0.320 e. The summed E-state index contributed by atoms with van der Waals surface area (Å²) in [4.78, 5) is 11.9. The number of nitrogens with zero attached hydrogens (tertiary/aromatic N) is 3. The van der Waals surface area contributed by atoms with E-state index in [4.69, 9.17) is 0 Å². The van der Waals surface area contributed by atoms with Crippen molar-refractivity contribution in [2.75, 3.05) is 5.32 Å². The number of amides is 2. The van der Waals surface area contributed by atoms with Crippen molar-refractivity contribution >= 4 is 11.8 Å². The first-order chi connectivity index (χ1) is 10.7. The zero-order chi connectivity index (χ0) is 15.8. The van der Waals surface area contributed by atoms with E-state index in [0.29, 0.717) is 5.82 Å². The van der Waals surface area contributed by atoms with E-state index in [1.54, 1.807) is 10.9 Å². The van der Waals surface area contributed by atoms with Gasteiger partial charge in [-0.2, -0.15) is 0 Å². The van der Waals surface area contributed by atoms with Crippen LogP contribution in [-0.4, -0.2) is 27.1 Å². The third kappa shape index (κ3) is 5.20. The van der Waals surface area contributed by atoms with Crippen LogP contribution in [0.4, 0.5) is 10.6 Å². The van der Waals surface area contributed by atoms with Crippen LogP contribution in [0.15, 0.2) is 36.5 Å². The Kier molecular flexibility index (Phi) is 5.94. The third-order valence-corrected chi connectivity index (χ3v) is 3.32. The van der Waals surface area contributed by atoms with E-state index in [2.05, 4.69) is 40.0 Å². The molecule has 22 heavy (non-hydrogen) atoms. The second-order valence-electron chi connectivity index (χ2n) is 5.39. The third-order valence-electron chi connectivity index (χ3n) is 3.32. The molecule has 0 fully saturated rings. The van der Waals surface area contributed by atoms with Crippen LogP contribution >= 0.6 is 0 Å². The summed E-state index contributed by atoms with van der Waals surface area (Å²) in [5.41, 5.74) is 1.28. The summed E-state index contributed by atoms with van der Waals surface area (Å²) < 4.78 is 1.72. The lowest BCUT2D eigenvalue weighted by Crippen LogP contribution is -2.36. The summed E-state index contributed by atoms with van der Waals surface area (Å²) in [6.45, 7) is 4.86. The molecule has 0 aliphatic carbocycles. The summed E-state index contributed by atoms with van der Waals surface area (Å²) in [6, 6.07) is 10.1. The van der Waals surface area contributed by atoms with Gasteiger partial charge in [0.15, 0.2) is 5.82 Å². The first-order valence-corrected chi connectivity index (χ1v) is 7.69. The number of aryl methyl sites for hydroxylation is 2. The predicted octanol–water partition coefficient (Wildman–Crippen LogP) is 2.83. The topological polar surface area (TPSA) is 71.8 Å². The van der Waals surface area contributed by atoms with Crippen molar-refractivity contribution in [1.29, 1.82) is 0 Å². The molecule has 0 spiro atoms. The number of nitrogens with one attached hydrogen (secondary N) is 2. The minimum absolute atomic E-state index is 0.0888. The van der Waals surface area contributed by atoms with Crippen molar-refractivity contribution in [3.05, 3.63) is 42.1 Å². The highest BCUT2D eigenvalue weighted by atomic mass is 16.2. The fraction of sp³-hybridized carbons (Fsp3) is 0.438. The van der Waals surface area contributed by atoms with Crippen LogP contribution < -0.4 is 10.6 Å². The Hall–Kier alpha value is -2.37. The molecule has 2 rings (SSSR count). The summed E-state index contributed by atoms with van der Waals surface area (Å²) in [5, 5.41) is 13.5. The average molecular weight is 301 g/mol. The Labute approximate surface area is 130 Å². The van der Waals surface area contributed by atoms with Crippen LogP contribution in [-0.2, 0) is 13.0 Å². The Bertz CT molecular complexity index is 581. The molecule has 1 aromatic heterocycles. The molecule has 2 amide bonds. The van der Waals surface area contributed by atoms with Crippen LogP contribution in [0.2, 0.25) is 0 Å². The number of carbonyl (C=O) groups excluding carboxylic acids is 1. The van der Waals surface area contributed by atoms with E-state index in [0.717, 1.165) is 25.8 Å². The molecule has 0 aliphatic rings. The van der Waals surface area contributed by atoms with Crippen molar-refractivity contribution in [3.8, 4) is 0 Å². The number of urea groups is 1. The molecule has 2 aromatic rings. The van der Waals surface area contributed by atoms with Gasteiger partial charge >= 0.3 is 6.03 Å². The Balaban J connectivity index is 1.73. The number of benzene rings is 1. The van der Waals surface area contributed by atoms with E-state index in [1.165, 1.54) is 5.56 Å². The maximum atomic E-state index is 11.9. The molecule has 118 valence electrons. The molecule has 0 radical (unpaired) electrons. The van der Waals surface area contributed by atoms with Gasteiger partial charge in [-0.25, -0.2) is 4.79 Å². The monoisotopic (exact) mass is 301 g/mol. The molecule has 1 atom stereocenters. The molecule has 0 saturated carbocycles. The van der Waals surface area contributed by atoms with E-state index < -0.39 is 0 Å². The first kappa shape index (κ1) is 16.0. The standard InChI is InChI=1S/C16H23N5O/c1-3-11-21-12-15(19-20-21)18-16(22)17-13(2)9-10-14-7-5-4-6-8-14/h4-8,12-13H,3,9-11H2,1-2H3,(H2,17,18,22). The highest BCUT2D eigenvalue weighted by Gasteiger charge is 2.09. The minimum Gasteiger partial charge on any atom is -0.335 e. The molecule has 2 N–H and O–H groups in total. The predicted molar refractivity (Wildman–Crippen MR) is 86.7 cm³/mol. The van der Waals surface area contributed by atoms with Crippen LogP contribution in [0.5, 0.6) is 0 Å². The molecular formula is C16H23N5O. The normalized spacial score (nSPS) is 11.9. The van der Waals surface area contributed by atoms with Crippen LogP contribution in [0.1, 0.15) is 32.3 Å². The van der Waals surface area contributed by atoms with Crippen molar-refractivity contribution in [2.45, 2.75) is 45.7 Å². The van der Waals surface area contributed by atoms with Crippen molar-refractivity contribution < 1.29 is 4.79 Å². The molecule has 0 aliphatic heterocycles. The number of aromatic nitrogens is 3. The van der Waals surface area contributed by atoms with Crippen molar-refractivity contribution in [2.24, 2.45) is 0 Å². The maximum absolute atomic E-state index is 11.9. The van der Waals surface area contributed by atoms with Crippen LogP contribution in [0.3, 0.4) is 0 Å². The fourth-order valence-electron chi connectivity index (χ4n) is 2.17. The van der Waals surface area contributed by atoms with Crippen LogP contribution in [0.25, 0.3) is 0 Å². The second-order valence-corrected chi connectivity index (χ2v) is 5.39. The number of anilines is 1. The molecule has 6 heteroatoms. The number of hydrogen-bond acceptors (Lipinski definition) is 3. The van der Waals surface area contributed by atoms with Gasteiger partial charge in [0.1, 0.15) is 0 Å². The highest BCUT2D eigenvalue weighted by molar-refractivity contribution is 5.88. The molecule has 1 aromatic carbocycles. The van der Waals surface area contributed by atoms with Gasteiger partial charge in [0.05, 0.1) is 6.20 Å². The highest BCUT2D eigenvalue weighted by Crippen LogP contribution is 2.05. The zero-order valence-electron chi connectivity index (χ0n) is 13.1. The SMILES string of the molecule is CCCn1cc(NC(=O)NC(C)CCc2ccccc2)nn1. The Morgan fingerprint density at radius 1 is 1.32 bits per heavy atom. The molecule has 1 heterocycles. The first-order valence-electron chi connectivity index (χ1n) is 7.69. The summed E-state index contributed by atoms with van der Waals surface area (Å²) >= 11 is 0. The fourth-order valence-corrected chi connectivity index (χ4v) is 2.17. The lowest BCUT2D eigenvalue weighted by atomic mass is 10.1. The lowest BCUT2D eigenvalue weighted by molar-refractivity contribution is 0.248. The average Bonchev–Trinajstić information content (AvgIpc) is 2.93. The molecule has 0 saturated heterocycles. The van der Waals surface area contributed by atoms with Gasteiger partial charge in [-0.15, -0.1) is 5.10 Å². The number of hydrogen-bond donors (Lipinski definition) is 2. The van der Waals surface area contributed by atoms with E-state index in [1.807, 2.05) is 25.1 Å². The van der Waals surface area contributed by atoms with Crippen molar-refractivity contribution in [3.63, 3.8) is 0 Å². The zero-order valence-corrected chi connectivity index (χ0v) is 13.1. The van der Waals surface area contributed by atoms with E-state index in [-0.39, 0.29) is 12.1 Å². The molecule has 0 bridgehead atoms.